The van der Waals surface area contributed by atoms with Crippen molar-refractivity contribution >= 4 is 21.6 Å². The summed E-state index contributed by atoms with van der Waals surface area (Å²) in [6.45, 7) is 0.594. The number of non-ortho nitro benzene ring substituents is 1. The fourth-order valence-corrected chi connectivity index (χ4v) is 4.82. The molecule has 0 saturated carbocycles. The van der Waals surface area contributed by atoms with Crippen molar-refractivity contribution in [3.63, 3.8) is 0 Å². The Kier molecular flexibility index (Phi) is 5.52. The summed E-state index contributed by atoms with van der Waals surface area (Å²) in [4.78, 5) is 22.6. The number of nitrogens with one attached hydrogen (secondary N) is 1. The van der Waals surface area contributed by atoms with Gasteiger partial charge in [-0.3, -0.25) is 14.9 Å². The molecule has 0 spiro atoms. The van der Waals surface area contributed by atoms with Gasteiger partial charge in [0.25, 0.3) is 11.6 Å². The van der Waals surface area contributed by atoms with Crippen LogP contribution in [0.4, 0.5) is 5.69 Å². The summed E-state index contributed by atoms with van der Waals surface area (Å²) in [5.74, 6) is -0.395. The highest BCUT2D eigenvalue weighted by atomic mass is 32.2. The maximum absolute atomic E-state index is 12.8. The smallest absolute Gasteiger partial charge is 0.269 e. The highest BCUT2D eigenvalue weighted by Gasteiger charge is 2.35. The van der Waals surface area contributed by atoms with Crippen molar-refractivity contribution in [3.8, 4) is 0 Å². The van der Waals surface area contributed by atoms with Crippen molar-refractivity contribution < 1.29 is 18.1 Å². The number of rotatable bonds is 6. The van der Waals surface area contributed by atoms with Crippen LogP contribution in [0, 0.1) is 10.1 Å². The van der Waals surface area contributed by atoms with Gasteiger partial charge in [-0.15, -0.1) is 0 Å². The van der Waals surface area contributed by atoms with E-state index >= 15 is 0 Å². The first-order valence-corrected chi connectivity index (χ1v) is 9.93. The Balaban J connectivity index is 1.66. The Morgan fingerprint density at radius 2 is 1.81 bits per heavy atom. The maximum atomic E-state index is 12.8. The van der Waals surface area contributed by atoms with E-state index < -0.39 is 20.9 Å². The number of sulfonamides is 1. The lowest BCUT2D eigenvalue weighted by atomic mass is 10.2. The molecular weight excluding hydrogens is 370 g/mol. The number of hydrogen-bond donors (Lipinski definition) is 1. The molecule has 0 unspecified atom stereocenters. The predicted octanol–water partition coefficient (Wildman–Crippen LogP) is 2.18. The quantitative estimate of drug-likeness (QED) is 0.601. The Hall–Kier alpha value is -2.78. The van der Waals surface area contributed by atoms with Crippen LogP contribution in [0.15, 0.2) is 59.5 Å². The van der Waals surface area contributed by atoms with Gasteiger partial charge >= 0.3 is 0 Å². The van der Waals surface area contributed by atoms with Gasteiger partial charge in [0.2, 0.25) is 10.0 Å². The summed E-state index contributed by atoms with van der Waals surface area (Å²) in [5, 5.41) is 13.4. The topological polar surface area (TPSA) is 110 Å². The number of benzene rings is 2. The molecule has 0 bridgehead atoms. The van der Waals surface area contributed by atoms with Crippen LogP contribution in [0.3, 0.4) is 0 Å². The van der Waals surface area contributed by atoms with Crippen molar-refractivity contribution in [1.82, 2.24) is 9.62 Å². The summed E-state index contributed by atoms with van der Waals surface area (Å²) < 4.78 is 27.0. The molecule has 0 radical (unpaired) electrons. The van der Waals surface area contributed by atoms with Crippen LogP contribution in [-0.4, -0.2) is 42.7 Å². The summed E-state index contributed by atoms with van der Waals surface area (Å²) in [7, 11) is -3.61. The maximum Gasteiger partial charge on any atom is 0.269 e. The van der Waals surface area contributed by atoms with Crippen molar-refractivity contribution in [1.29, 1.82) is 0 Å². The molecule has 0 aliphatic carbocycles. The van der Waals surface area contributed by atoms with Crippen molar-refractivity contribution in [2.75, 3.05) is 13.1 Å². The molecule has 1 saturated heterocycles. The average Bonchev–Trinajstić information content (AvgIpc) is 3.16. The third-order valence-electron chi connectivity index (χ3n) is 4.51. The van der Waals surface area contributed by atoms with Gasteiger partial charge in [-0.1, -0.05) is 18.2 Å². The molecule has 1 atom stereocenters. The molecular formula is C18H19N3O5S. The summed E-state index contributed by atoms with van der Waals surface area (Å²) in [6.07, 6.45) is 1.39. The molecule has 1 N–H and O–H groups in total. The molecule has 3 rings (SSSR count). The lowest BCUT2D eigenvalue weighted by Gasteiger charge is -2.24. The van der Waals surface area contributed by atoms with Crippen LogP contribution in [0.2, 0.25) is 0 Å². The fourth-order valence-electron chi connectivity index (χ4n) is 3.10. The van der Waals surface area contributed by atoms with Gasteiger partial charge in [-0.05, 0) is 37.1 Å². The molecule has 0 aromatic heterocycles. The fraction of sp³-hybridized carbons (Fsp3) is 0.278. The molecule has 1 aliphatic rings. The van der Waals surface area contributed by atoms with E-state index in [1.165, 1.54) is 28.6 Å². The molecule has 1 fully saturated rings. The van der Waals surface area contributed by atoms with E-state index in [-0.39, 0.29) is 28.7 Å². The van der Waals surface area contributed by atoms with E-state index in [4.69, 9.17) is 0 Å². The second kappa shape index (κ2) is 7.85. The van der Waals surface area contributed by atoms with Gasteiger partial charge in [-0.25, -0.2) is 8.42 Å². The zero-order chi connectivity index (χ0) is 19.4. The lowest BCUT2D eigenvalue weighted by Crippen LogP contribution is -2.43. The monoisotopic (exact) mass is 389 g/mol. The molecule has 9 heteroatoms. The van der Waals surface area contributed by atoms with Crippen LogP contribution in [0.1, 0.15) is 23.2 Å². The van der Waals surface area contributed by atoms with Gasteiger partial charge in [0.05, 0.1) is 9.82 Å². The number of nitro benzene ring substituents is 1. The molecule has 2 aromatic rings. The first kappa shape index (κ1) is 19.0. The van der Waals surface area contributed by atoms with Gasteiger partial charge in [-0.2, -0.15) is 4.31 Å². The lowest BCUT2D eigenvalue weighted by molar-refractivity contribution is -0.384. The van der Waals surface area contributed by atoms with Crippen LogP contribution >= 0.6 is 0 Å². The van der Waals surface area contributed by atoms with Crippen LogP contribution in [0.5, 0.6) is 0 Å². The van der Waals surface area contributed by atoms with Crippen LogP contribution in [-0.2, 0) is 10.0 Å². The number of nitro groups is 1. The summed E-state index contributed by atoms with van der Waals surface area (Å²) in [5.41, 5.74) is 0.193. The first-order chi connectivity index (χ1) is 12.9. The Morgan fingerprint density at radius 3 is 2.44 bits per heavy atom. The van der Waals surface area contributed by atoms with Gasteiger partial charge in [0.1, 0.15) is 0 Å². The van der Waals surface area contributed by atoms with Crippen LogP contribution in [0.25, 0.3) is 0 Å². The Bertz CT molecular complexity index is 929. The van der Waals surface area contributed by atoms with E-state index in [1.54, 1.807) is 30.3 Å². The number of carbonyl (C=O) groups excluding carboxylic acids is 1. The minimum Gasteiger partial charge on any atom is -0.350 e. The Morgan fingerprint density at radius 1 is 1.15 bits per heavy atom. The zero-order valence-electron chi connectivity index (χ0n) is 14.4. The molecule has 2 aromatic carbocycles. The second-order valence-corrected chi connectivity index (χ2v) is 8.13. The standard InChI is InChI=1S/C18H19N3O5S/c22-18(14-8-10-15(11-9-14)21(23)24)19-13-16-5-4-12-20(16)27(25,26)17-6-2-1-3-7-17/h1-3,6-11,16H,4-5,12-13H2,(H,19,22)/t16-/m0/s1. The van der Waals surface area contributed by atoms with E-state index in [9.17, 15) is 23.3 Å². The van der Waals surface area contributed by atoms with E-state index in [0.29, 0.717) is 13.0 Å². The van der Waals surface area contributed by atoms with Gasteiger partial charge in [0, 0.05) is 36.8 Å². The SMILES string of the molecule is O=C(NC[C@@H]1CCCN1S(=O)(=O)c1ccccc1)c1ccc([N+](=O)[O-])cc1. The third kappa shape index (κ3) is 4.15. The van der Waals surface area contributed by atoms with Gasteiger partial charge in [0.15, 0.2) is 0 Å². The van der Waals surface area contributed by atoms with E-state index in [2.05, 4.69) is 5.32 Å². The highest BCUT2D eigenvalue weighted by Crippen LogP contribution is 2.25. The van der Waals surface area contributed by atoms with E-state index in [0.717, 1.165) is 6.42 Å². The average molecular weight is 389 g/mol. The first-order valence-electron chi connectivity index (χ1n) is 8.49. The molecule has 1 aliphatic heterocycles. The second-order valence-electron chi connectivity index (χ2n) is 6.24. The normalized spacial score (nSPS) is 17.6. The molecule has 8 nitrogen and oxygen atoms in total. The van der Waals surface area contributed by atoms with Crippen molar-refractivity contribution in [2.24, 2.45) is 0 Å². The molecule has 142 valence electrons. The highest BCUT2D eigenvalue weighted by molar-refractivity contribution is 7.89. The molecule has 1 heterocycles. The largest absolute Gasteiger partial charge is 0.350 e. The predicted molar refractivity (Wildman–Crippen MR) is 98.8 cm³/mol. The minimum absolute atomic E-state index is 0.0949. The number of nitrogens with zero attached hydrogens (tertiary/aromatic N) is 2. The minimum atomic E-state index is -3.61. The number of hydrogen-bond acceptors (Lipinski definition) is 5. The van der Waals surface area contributed by atoms with Crippen LogP contribution < -0.4 is 5.32 Å². The van der Waals surface area contributed by atoms with Gasteiger partial charge < -0.3 is 5.32 Å². The van der Waals surface area contributed by atoms with E-state index in [1.807, 2.05) is 0 Å². The van der Waals surface area contributed by atoms with Crippen molar-refractivity contribution in [2.45, 2.75) is 23.8 Å². The molecule has 27 heavy (non-hydrogen) atoms. The van der Waals surface area contributed by atoms with Crippen molar-refractivity contribution in [3.05, 3.63) is 70.3 Å². The summed E-state index contributed by atoms with van der Waals surface area (Å²) >= 11 is 0. The summed E-state index contributed by atoms with van der Waals surface area (Å²) in [6, 6.07) is 13.2. The molecule has 1 amide bonds. The zero-order valence-corrected chi connectivity index (χ0v) is 15.3. The number of amides is 1. The Labute approximate surface area is 157 Å². The number of carbonyl (C=O) groups is 1. The third-order valence-corrected chi connectivity index (χ3v) is 6.48.